The summed E-state index contributed by atoms with van der Waals surface area (Å²) >= 11 is 0. The monoisotopic (exact) mass is 206 g/mol. The number of carbonyl (C=O) groups is 1. The number of rotatable bonds is 1. The molecule has 1 aliphatic rings. The Hall–Kier alpha value is -1.71. The van der Waals surface area contributed by atoms with Crippen molar-refractivity contribution in [3.05, 3.63) is 23.8 Å². The quantitative estimate of drug-likeness (QED) is 0.678. The number of benzene rings is 1. The zero-order valence-corrected chi connectivity index (χ0v) is 8.62. The highest BCUT2D eigenvalue weighted by molar-refractivity contribution is 6.02. The molecule has 2 rings (SSSR count). The van der Waals surface area contributed by atoms with Crippen molar-refractivity contribution in [1.29, 1.82) is 0 Å². The molecule has 0 spiro atoms. The Morgan fingerprint density at radius 3 is 3.13 bits per heavy atom. The molecule has 1 amide bonds. The van der Waals surface area contributed by atoms with Gasteiger partial charge in [-0.1, -0.05) is 13.0 Å². The number of hydrogen-bond donors (Lipinski definition) is 2. The van der Waals surface area contributed by atoms with Crippen LogP contribution in [0.15, 0.2) is 18.2 Å². The van der Waals surface area contributed by atoms with E-state index in [0.717, 1.165) is 6.42 Å². The molecule has 3 N–H and O–H groups in total. The van der Waals surface area contributed by atoms with Crippen LogP contribution in [-0.4, -0.2) is 18.6 Å². The van der Waals surface area contributed by atoms with Gasteiger partial charge in [-0.25, -0.2) is 0 Å². The lowest BCUT2D eigenvalue weighted by atomic mass is 10.1. The second-order valence-electron chi connectivity index (χ2n) is 3.61. The van der Waals surface area contributed by atoms with Crippen LogP contribution in [0.5, 0.6) is 5.75 Å². The molecule has 80 valence electrons. The molecule has 1 heterocycles. The van der Waals surface area contributed by atoms with Gasteiger partial charge in [0.25, 0.3) is 5.91 Å². The molecule has 0 saturated carbocycles. The van der Waals surface area contributed by atoms with Crippen LogP contribution in [0.3, 0.4) is 0 Å². The topological polar surface area (TPSA) is 64.3 Å². The van der Waals surface area contributed by atoms with Crippen molar-refractivity contribution in [1.82, 2.24) is 5.32 Å². The first-order valence-corrected chi connectivity index (χ1v) is 5.04. The first-order valence-electron chi connectivity index (χ1n) is 5.04. The lowest BCUT2D eigenvalue weighted by Gasteiger charge is -2.11. The summed E-state index contributed by atoms with van der Waals surface area (Å²) < 4.78 is 5.54. The maximum absolute atomic E-state index is 11.8. The van der Waals surface area contributed by atoms with Crippen LogP contribution < -0.4 is 15.8 Å². The fourth-order valence-electron chi connectivity index (χ4n) is 1.62. The van der Waals surface area contributed by atoms with E-state index in [9.17, 15) is 4.79 Å². The Bertz CT molecular complexity index is 390. The van der Waals surface area contributed by atoms with E-state index < -0.39 is 0 Å². The van der Waals surface area contributed by atoms with E-state index in [-0.39, 0.29) is 11.9 Å². The van der Waals surface area contributed by atoms with Crippen molar-refractivity contribution in [3.63, 3.8) is 0 Å². The summed E-state index contributed by atoms with van der Waals surface area (Å²) in [5, 5.41) is 2.88. The molecule has 15 heavy (non-hydrogen) atoms. The van der Waals surface area contributed by atoms with Crippen LogP contribution >= 0.6 is 0 Å². The van der Waals surface area contributed by atoms with Crippen molar-refractivity contribution in [3.8, 4) is 5.75 Å². The SMILES string of the molecule is CC[C@H]1COc2cccc(N)c2C(=O)N1. The molecule has 0 radical (unpaired) electrons. The van der Waals surface area contributed by atoms with Crippen molar-refractivity contribution >= 4 is 11.6 Å². The minimum absolute atomic E-state index is 0.0595. The van der Waals surface area contributed by atoms with Gasteiger partial charge in [-0.3, -0.25) is 4.79 Å². The van der Waals surface area contributed by atoms with Crippen molar-refractivity contribution in [2.45, 2.75) is 19.4 Å². The van der Waals surface area contributed by atoms with Gasteiger partial charge in [-0.2, -0.15) is 0 Å². The van der Waals surface area contributed by atoms with Crippen LogP contribution in [0, 0.1) is 0 Å². The third-order valence-electron chi connectivity index (χ3n) is 2.55. The van der Waals surface area contributed by atoms with Crippen LogP contribution in [0.2, 0.25) is 0 Å². The van der Waals surface area contributed by atoms with E-state index in [1.54, 1.807) is 18.2 Å². The van der Waals surface area contributed by atoms with E-state index >= 15 is 0 Å². The van der Waals surface area contributed by atoms with Gasteiger partial charge in [0.2, 0.25) is 0 Å². The van der Waals surface area contributed by atoms with E-state index in [1.165, 1.54) is 0 Å². The average Bonchev–Trinajstić information content (AvgIpc) is 2.39. The Morgan fingerprint density at radius 1 is 1.60 bits per heavy atom. The first kappa shape index (κ1) is 9.83. The highest BCUT2D eigenvalue weighted by Gasteiger charge is 2.23. The normalized spacial score (nSPS) is 19.8. The third-order valence-corrected chi connectivity index (χ3v) is 2.55. The highest BCUT2D eigenvalue weighted by atomic mass is 16.5. The number of carbonyl (C=O) groups excluding carboxylic acids is 1. The summed E-state index contributed by atoms with van der Waals surface area (Å²) in [7, 11) is 0. The Kier molecular flexibility index (Phi) is 2.49. The first-order chi connectivity index (χ1) is 7.22. The summed E-state index contributed by atoms with van der Waals surface area (Å²) in [5.41, 5.74) is 6.66. The van der Waals surface area contributed by atoms with Crippen molar-refractivity contribution < 1.29 is 9.53 Å². The molecule has 0 fully saturated rings. The molecule has 0 unspecified atom stereocenters. The molecule has 1 aliphatic heterocycles. The molecule has 0 saturated heterocycles. The van der Waals surface area contributed by atoms with Crippen molar-refractivity contribution in [2.75, 3.05) is 12.3 Å². The molecule has 4 nitrogen and oxygen atoms in total. The number of anilines is 1. The second-order valence-corrected chi connectivity index (χ2v) is 3.61. The Morgan fingerprint density at radius 2 is 2.40 bits per heavy atom. The standard InChI is InChI=1S/C11H14N2O2/c1-2-7-6-15-9-5-3-4-8(12)10(9)11(14)13-7/h3-5,7H,2,6,12H2,1H3,(H,13,14)/t7-/m0/s1. The largest absolute Gasteiger partial charge is 0.491 e. The smallest absolute Gasteiger partial charge is 0.257 e. The van der Waals surface area contributed by atoms with E-state index in [4.69, 9.17) is 10.5 Å². The Balaban J connectivity index is 2.40. The zero-order valence-electron chi connectivity index (χ0n) is 8.62. The lowest BCUT2D eigenvalue weighted by Crippen LogP contribution is -2.36. The highest BCUT2D eigenvalue weighted by Crippen LogP contribution is 2.26. The molecular weight excluding hydrogens is 192 g/mol. The van der Waals surface area contributed by atoms with Gasteiger partial charge in [-0.05, 0) is 18.6 Å². The van der Waals surface area contributed by atoms with Gasteiger partial charge in [0.05, 0.1) is 6.04 Å². The number of ether oxygens (including phenoxy) is 1. The number of amides is 1. The summed E-state index contributed by atoms with van der Waals surface area (Å²) in [6.45, 7) is 2.51. The predicted octanol–water partition coefficient (Wildman–Crippen LogP) is 1.17. The van der Waals surface area contributed by atoms with Crippen LogP contribution in [0.25, 0.3) is 0 Å². The van der Waals surface area contributed by atoms with E-state index in [1.807, 2.05) is 6.92 Å². The lowest BCUT2D eigenvalue weighted by molar-refractivity contribution is 0.0938. The molecular formula is C11H14N2O2. The minimum atomic E-state index is -0.146. The molecule has 1 aromatic carbocycles. The fraction of sp³-hybridized carbons (Fsp3) is 0.364. The summed E-state index contributed by atoms with van der Waals surface area (Å²) in [6, 6.07) is 5.31. The third kappa shape index (κ3) is 1.75. The molecule has 1 aromatic rings. The van der Waals surface area contributed by atoms with Gasteiger partial charge in [-0.15, -0.1) is 0 Å². The molecule has 0 aliphatic carbocycles. The Labute approximate surface area is 88.4 Å². The van der Waals surface area contributed by atoms with Crippen LogP contribution in [0.4, 0.5) is 5.69 Å². The average molecular weight is 206 g/mol. The number of nitrogens with two attached hydrogens (primary N) is 1. The number of nitrogens with one attached hydrogen (secondary N) is 1. The molecule has 0 bridgehead atoms. The number of fused-ring (bicyclic) bond motifs is 1. The second kappa shape index (κ2) is 3.81. The van der Waals surface area contributed by atoms with Crippen molar-refractivity contribution in [2.24, 2.45) is 0 Å². The van der Waals surface area contributed by atoms with E-state index in [2.05, 4.69) is 5.32 Å². The van der Waals surface area contributed by atoms with Gasteiger partial charge >= 0.3 is 0 Å². The molecule has 0 aromatic heterocycles. The summed E-state index contributed by atoms with van der Waals surface area (Å²) in [6.07, 6.45) is 0.847. The zero-order chi connectivity index (χ0) is 10.8. The van der Waals surface area contributed by atoms with Crippen LogP contribution in [0.1, 0.15) is 23.7 Å². The summed E-state index contributed by atoms with van der Waals surface area (Å²) in [4.78, 5) is 11.8. The van der Waals surface area contributed by atoms with Gasteiger partial charge in [0, 0.05) is 5.69 Å². The predicted molar refractivity (Wildman–Crippen MR) is 57.9 cm³/mol. The molecule has 4 heteroatoms. The van der Waals surface area contributed by atoms with Gasteiger partial charge in [0.1, 0.15) is 17.9 Å². The molecule has 1 atom stereocenters. The fourth-order valence-corrected chi connectivity index (χ4v) is 1.62. The van der Waals surface area contributed by atoms with Gasteiger partial charge < -0.3 is 15.8 Å². The van der Waals surface area contributed by atoms with Gasteiger partial charge in [0.15, 0.2) is 0 Å². The minimum Gasteiger partial charge on any atom is -0.491 e. The maximum atomic E-state index is 11.8. The summed E-state index contributed by atoms with van der Waals surface area (Å²) in [5.74, 6) is 0.427. The number of nitrogen functional groups attached to an aromatic ring is 1. The number of hydrogen-bond acceptors (Lipinski definition) is 3. The van der Waals surface area contributed by atoms with Crippen LogP contribution in [-0.2, 0) is 0 Å². The maximum Gasteiger partial charge on any atom is 0.257 e. The van der Waals surface area contributed by atoms with E-state index in [0.29, 0.717) is 23.6 Å².